The average molecular weight is 260 g/mol. The lowest BCUT2D eigenvalue weighted by atomic mass is 9.93. The summed E-state index contributed by atoms with van der Waals surface area (Å²) in [5.74, 6) is -1.14. The molecule has 0 heterocycles. The van der Waals surface area contributed by atoms with E-state index in [0.29, 0.717) is 18.4 Å². The summed E-state index contributed by atoms with van der Waals surface area (Å²) in [7, 11) is 1.23. The summed E-state index contributed by atoms with van der Waals surface area (Å²) < 4.78 is 42.4. The average Bonchev–Trinajstić information content (AvgIpc) is 2.34. The molecule has 0 aliphatic rings. The summed E-state index contributed by atoms with van der Waals surface area (Å²) in [4.78, 5) is 11.6. The minimum absolute atomic E-state index is 0.346. The predicted octanol–water partition coefficient (Wildman–Crippen LogP) is 3.76. The molecule has 0 aliphatic heterocycles. The highest BCUT2D eigenvalue weighted by Crippen LogP contribution is 2.32. The fraction of sp³-hybridized carbons (Fsp3) is 0.462. The third kappa shape index (κ3) is 3.48. The van der Waals surface area contributed by atoms with E-state index < -0.39 is 23.6 Å². The van der Waals surface area contributed by atoms with Crippen LogP contribution in [0.25, 0.3) is 0 Å². The Bertz CT molecular complexity index is 413. The third-order valence-electron chi connectivity index (χ3n) is 2.68. The van der Waals surface area contributed by atoms with Gasteiger partial charge in [0.25, 0.3) is 0 Å². The van der Waals surface area contributed by atoms with Crippen molar-refractivity contribution in [3.05, 3.63) is 35.4 Å². The van der Waals surface area contributed by atoms with Gasteiger partial charge in [0.15, 0.2) is 0 Å². The zero-order chi connectivity index (χ0) is 13.8. The number of methoxy groups -OCH3 is 1. The van der Waals surface area contributed by atoms with Crippen LogP contribution in [0.5, 0.6) is 0 Å². The molecule has 1 atom stereocenters. The van der Waals surface area contributed by atoms with Crippen molar-refractivity contribution < 1.29 is 22.7 Å². The van der Waals surface area contributed by atoms with Gasteiger partial charge in [0.05, 0.1) is 18.6 Å². The fourth-order valence-electron chi connectivity index (χ4n) is 1.78. The standard InChI is InChI=1S/C13H15F3O2/c1-3-5-11(12(17)18-2)9-6-4-7-10(8-9)13(14,15)16/h4,6-8,11H,3,5H2,1-2H3. The minimum Gasteiger partial charge on any atom is -0.469 e. The Morgan fingerprint density at radius 3 is 2.56 bits per heavy atom. The van der Waals surface area contributed by atoms with Gasteiger partial charge in [0.1, 0.15) is 0 Å². The van der Waals surface area contributed by atoms with Gasteiger partial charge in [-0.05, 0) is 18.1 Å². The number of halogens is 3. The number of carbonyl (C=O) groups excluding carboxylic acids is 1. The van der Waals surface area contributed by atoms with Crippen molar-refractivity contribution in [2.45, 2.75) is 31.9 Å². The molecule has 0 radical (unpaired) electrons. The first kappa shape index (κ1) is 14.5. The molecule has 0 aromatic heterocycles. The summed E-state index contributed by atoms with van der Waals surface area (Å²) in [5.41, 5.74) is -0.400. The molecule has 0 N–H and O–H groups in total. The second-order valence-electron chi connectivity index (χ2n) is 3.99. The van der Waals surface area contributed by atoms with Crippen LogP contribution >= 0.6 is 0 Å². The number of ether oxygens (including phenoxy) is 1. The molecular weight excluding hydrogens is 245 g/mol. The molecule has 0 saturated heterocycles. The SMILES string of the molecule is CCCC(C(=O)OC)c1cccc(C(F)(F)F)c1. The highest BCUT2D eigenvalue weighted by atomic mass is 19.4. The van der Waals surface area contributed by atoms with Crippen LogP contribution in [0.3, 0.4) is 0 Å². The van der Waals surface area contributed by atoms with Crippen LogP contribution < -0.4 is 0 Å². The van der Waals surface area contributed by atoms with Gasteiger partial charge in [0, 0.05) is 0 Å². The molecule has 0 fully saturated rings. The summed E-state index contributed by atoms with van der Waals surface area (Å²) in [6.07, 6.45) is -3.24. The topological polar surface area (TPSA) is 26.3 Å². The van der Waals surface area contributed by atoms with Gasteiger partial charge in [-0.25, -0.2) is 0 Å². The van der Waals surface area contributed by atoms with Crippen LogP contribution in [0.4, 0.5) is 13.2 Å². The smallest absolute Gasteiger partial charge is 0.416 e. The van der Waals surface area contributed by atoms with E-state index in [1.165, 1.54) is 19.2 Å². The Kier molecular flexibility index (Phi) is 4.76. The van der Waals surface area contributed by atoms with Crippen molar-refractivity contribution in [1.29, 1.82) is 0 Å². The lowest BCUT2D eigenvalue weighted by Crippen LogP contribution is -2.15. The largest absolute Gasteiger partial charge is 0.469 e. The lowest BCUT2D eigenvalue weighted by molar-refractivity contribution is -0.143. The first-order valence-electron chi connectivity index (χ1n) is 5.65. The Balaban J connectivity index is 3.09. The van der Waals surface area contributed by atoms with Crippen molar-refractivity contribution >= 4 is 5.97 Å². The normalized spacial score (nSPS) is 13.2. The molecule has 0 saturated carbocycles. The van der Waals surface area contributed by atoms with Crippen molar-refractivity contribution in [3.63, 3.8) is 0 Å². The number of alkyl halides is 3. The molecule has 0 spiro atoms. The minimum atomic E-state index is -4.40. The van der Waals surface area contributed by atoms with Gasteiger partial charge in [-0.15, -0.1) is 0 Å². The maximum Gasteiger partial charge on any atom is 0.416 e. The summed E-state index contributed by atoms with van der Waals surface area (Å²) >= 11 is 0. The van der Waals surface area contributed by atoms with Gasteiger partial charge >= 0.3 is 12.1 Å². The number of benzene rings is 1. The van der Waals surface area contributed by atoms with E-state index in [2.05, 4.69) is 4.74 Å². The molecule has 5 heteroatoms. The van der Waals surface area contributed by atoms with E-state index in [-0.39, 0.29) is 0 Å². The van der Waals surface area contributed by atoms with Crippen molar-refractivity contribution in [2.75, 3.05) is 7.11 Å². The molecule has 1 rings (SSSR count). The van der Waals surface area contributed by atoms with Gasteiger partial charge in [-0.3, -0.25) is 4.79 Å². The number of rotatable bonds is 4. The quantitative estimate of drug-likeness (QED) is 0.770. The van der Waals surface area contributed by atoms with Crippen LogP contribution in [0.1, 0.15) is 36.8 Å². The van der Waals surface area contributed by atoms with Crippen molar-refractivity contribution in [3.8, 4) is 0 Å². The maximum absolute atomic E-state index is 12.6. The first-order valence-corrected chi connectivity index (χ1v) is 5.65. The summed E-state index contributed by atoms with van der Waals surface area (Å²) in [6.45, 7) is 1.86. The highest BCUT2D eigenvalue weighted by Gasteiger charge is 2.31. The highest BCUT2D eigenvalue weighted by molar-refractivity contribution is 5.78. The second kappa shape index (κ2) is 5.89. The van der Waals surface area contributed by atoms with Crippen LogP contribution in [-0.2, 0) is 15.7 Å². The Hall–Kier alpha value is -1.52. The second-order valence-corrected chi connectivity index (χ2v) is 3.99. The molecule has 1 aromatic rings. The zero-order valence-electron chi connectivity index (χ0n) is 10.3. The zero-order valence-corrected chi connectivity index (χ0v) is 10.3. The van der Waals surface area contributed by atoms with Crippen molar-refractivity contribution in [1.82, 2.24) is 0 Å². The van der Waals surface area contributed by atoms with Crippen LogP contribution in [-0.4, -0.2) is 13.1 Å². The van der Waals surface area contributed by atoms with Gasteiger partial charge in [-0.1, -0.05) is 31.5 Å². The van der Waals surface area contributed by atoms with E-state index in [0.717, 1.165) is 12.1 Å². The summed E-state index contributed by atoms with van der Waals surface area (Å²) in [5, 5.41) is 0. The maximum atomic E-state index is 12.6. The molecule has 0 bridgehead atoms. The molecular formula is C13H15F3O2. The number of hydrogen-bond donors (Lipinski definition) is 0. The fourth-order valence-corrected chi connectivity index (χ4v) is 1.78. The lowest BCUT2D eigenvalue weighted by Gasteiger charge is -2.16. The number of hydrogen-bond acceptors (Lipinski definition) is 2. The van der Waals surface area contributed by atoms with E-state index in [4.69, 9.17) is 0 Å². The molecule has 0 aliphatic carbocycles. The molecule has 1 aromatic carbocycles. The molecule has 2 nitrogen and oxygen atoms in total. The van der Waals surface area contributed by atoms with Crippen LogP contribution in [0.15, 0.2) is 24.3 Å². The van der Waals surface area contributed by atoms with E-state index in [9.17, 15) is 18.0 Å². The molecule has 0 amide bonds. The number of esters is 1. The Morgan fingerprint density at radius 1 is 1.39 bits per heavy atom. The van der Waals surface area contributed by atoms with Crippen LogP contribution in [0.2, 0.25) is 0 Å². The molecule has 100 valence electrons. The van der Waals surface area contributed by atoms with E-state index >= 15 is 0 Å². The van der Waals surface area contributed by atoms with Crippen molar-refractivity contribution in [2.24, 2.45) is 0 Å². The monoisotopic (exact) mass is 260 g/mol. The van der Waals surface area contributed by atoms with Crippen LogP contribution in [0, 0.1) is 0 Å². The summed E-state index contributed by atoms with van der Waals surface area (Å²) in [6, 6.07) is 4.83. The van der Waals surface area contributed by atoms with E-state index in [1.54, 1.807) is 0 Å². The Labute approximate surface area is 104 Å². The van der Waals surface area contributed by atoms with Gasteiger partial charge in [-0.2, -0.15) is 13.2 Å². The predicted molar refractivity (Wildman–Crippen MR) is 61.1 cm³/mol. The Morgan fingerprint density at radius 2 is 2.06 bits per heavy atom. The first-order chi connectivity index (χ1) is 8.40. The molecule has 1 unspecified atom stereocenters. The third-order valence-corrected chi connectivity index (χ3v) is 2.68. The van der Waals surface area contributed by atoms with Gasteiger partial charge in [0.2, 0.25) is 0 Å². The van der Waals surface area contributed by atoms with E-state index in [1.807, 2.05) is 6.92 Å². The number of carbonyl (C=O) groups is 1. The van der Waals surface area contributed by atoms with Gasteiger partial charge < -0.3 is 4.74 Å². The molecule has 18 heavy (non-hydrogen) atoms.